The Bertz CT molecular complexity index is 1290. The van der Waals surface area contributed by atoms with Gasteiger partial charge >= 0.3 is 5.97 Å². The van der Waals surface area contributed by atoms with Crippen LogP contribution in [0.25, 0.3) is 22.5 Å². The third-order valence-corrected chi connectivity index (χ3v) is 8.33. The molecule has 0 radical (unpaired) electrons. The molecule has 4 rings (SSSR count). The van der Waals surface area contributed by atoms with E-state index in [0.717, 1.165) is 77.2 Å². The Kier molecular flexibility index (Phi) is 11.1. The van der Waals surface area contributed by atoms with E-state index in [1.807, 2.05) is 48.2 Å². The zero-order valence-electron chi connectivity index (χ0n) is 24.6. The molecule has 0 N–H and O–H groups in total. The Morgan fingerprint density at radius 1 is 0.976 bits per heavy atom. The van der Waals surface area contributed by atoms with E-state index in [0.29, 0.717) is 26.1 Å². The Hall–Kier alpha value is -3.46. The maximum absolute atomic E-state index is 13.0. The molecule has 2 heterocycles. The highest BCUT2D eigenvalue weighted by molar-refractivity contribution is 7.99. The minimum absolute atomic E-state index is 0.106. The summed E-state index contributed by atoms with van der Waals surface area (Å²) in [6, 6.07) is 16.1. The summed E-state index contributed by atoms with van der Waals surface area (Å²) in [6.45, 7) is 6.35. The molecular formula is C32H41N3O5S. The van der Waals surface area contributed by atoms with Crippen LogP contribution in [0.5, 0.6) is 11.5 Å². The van der Waals surface area contributed by atoms with E-state index in [1.54, 1.807) is 26.0 Å². The van der Waals surface area contributed by atoms with E-state index in [1.165, 1.54) is 0 Å². The topological polar surface area (TPSA) is 82.9 Å². The number of ether oxygens (including phenoxy) is 3. The van der Waals surface area contributed by atoms with Crippen LogP contribution in [-0.4, -0.2) is 66.0 Å². The molecule has 1 aliphatic rings. The molecule has 0 bridgehead atoms. The second-order valence-electron chi connectivity index (χ2n) is 10.1. The molecule has 0 aliphatic carbocycles. The van der Waals surface area contributed by atoms with Crippen molar-refractivity contribution in [1.29, 1.82) is 0 Å². The minimum Gasteiger partial charge on any atom is -0.497 e. The second kappa shape index (κ2) is 15.0. The zero-order valence-corrected chi connectivity index (χ0v) is 25.4. The lowest BCUT2D eigenvalue weighted by Gasteiger charge is -2.31. The summed E-state index contributed by atoms with van der Waals surface area (Å²) < 4.78 is 18.2. The van der Waals surface area contributed by atoms with Crippen molar-refractivity contribution in [2.75, 3.05) is 39.7 Å². The summed E-state index contributed by atoms with van der Waals surface area (Å²) in [4.78, 5) is 32.1. The maximum Gasteiger partial charge on any atom is 0.310 e. The monoisotopic (exact) mass is 579 g/mol. The predicted molar refractivity (Wildman–Crippen MR) is 162 cm³/mol. The number of esters is 1. The highest BCUT2D eigenvalue weighted by Crippen LogP contribution is 2.37. The van der Waals surface area contributed by atoms with E-state index < -0.39 is 0 Å². The highest BCUT2D eigenvalue weighted by atomic mass is 32.2. The van der Waals surface area contributed by atoms with Crippen molar-refractivity contribution in [3.05, 3.63) is 48.5 Å². The van der Waals surface area contributed by atoms with Crippen LogP contribution < -0.4 is 9.47 Å². The van der Waals surface area contributed by atoms with Crippen LogP contribution in [0.1, 0.15) is 46.0 Å². The van der Waals surface area contributed by atoms with Crippen molar-refractivity contribution >= 4 is 23.6 Å². The van der Waals surface area contributed by atoms with E-state index >= 15 is 0 Å². The van der Waals surface area contributed by atoms with Crippen LogP contribution in [0.2, 0.25) is 0 Å². The molecule has 1 saturated heterocycles. The van der Waals surface area contributed by atoms with Gasteiger partial charge in [-0.3, -0.25) is 9.59 Å². The number of aromatic nitrogens is 2. The number of methoxy groups -OCH3 is 2. The van der Waals surface area contributed by atoms with Crippen molar-refractivity contribution in [3.8, 4) is 34.0 Å². The van der Waals surface area contributed by atoms with E-state index in [9.17, 15) is 9.59 Å². The van der Waals surface area contributed by atoms with Gasteiger partial charge in [0.1, 0.15) is 11.5 Å². The van der Waals surface area contributed by atoms with Crippen LogP contribution in [0.3, 0.4) is 0 Å². The van der Waals surface area contributed by atoms with Gasteiger partial charge < -0.3 is 23.7 Å². The zero-order chi connectivity index (χ0) is 29.2. The van der Waals surface area contributed by atoms with Gasteiger partial charge in [0.15, 0.2) is 5.16 Å². The summed E-state index contributed by atoms with van der Waals surface area (Å²) in [5.41, 5.74) is 4.07. The number of thioether (sulfide) groups is 1. The van der Waals surface area contributed by atoms with E-state index in [4.69, 9.17) is 19.2 Å². The number of carbonyl (C=O) groups is 2. The third kappa shape index (κ3) is 7.64. The molecule has 8 nitrogen and oxygen atoms in total. The van der Waals surface area contributed by atoms with Crippen molar-refractivity contribution < 1.29 is 23.8 Å². The molecule has 1 aromatic heterocycles. The van der Waals surface area contributed by atoms with Crippen LogP contribution >= 0.6 is 11.8 Å². The molecular weight excluding hydrogens is 538 g/mol. The summed E-state index contributed by atoms with van der Waals surface area (Å²) in [6.07, 6.45) is 3.77. The molecule has 220 valence electrons. The van der Waals surface area contributed by atoms with E-state index in [-0.39, 0.29) is 17.8 Å². The standard InChI is InChI=1S/C32H41N3O5S/c1-5-19-35-30(24-13-17-27(39-4)18-14-24)29(23-11-15-26(38-3)16-12-23)33-32(35)41-21-8-10-28(36)34-20-7-9-25(22-34)31(37)40-6-2/h11-18,25H,5-10,19-22H2,1-4H3. The lowest BCUT2D eigenvalue weighted by Crippen LogP contribution is -2.42. The predicted octanol–water partition coefficient (Wildman–Crippen LogP) is 6.32. The second-order valence-corrected chi connectivity index (χ2v) is 11.1. The van der Waals surface area contributed by atoms with Crippen LogP contribution in [0, 0.1) is 5.92 Å². The number of rotatable bonds is 13. The molecule has 2 aromatic carbocycles. The minimum atomic E-state index is -0.212. The number of nitrogens with zero attached hydrogens (tertiary/aromatic N) is 3. The number of piperidine rings is 1. The summed E-state index contributed by atoms with van der Waals surface area (Å²) in [5, 5.41) is 0.941. The largest absolute Gasteiger partial charge is 0.497 e. The summed E-state index contributed by atoms with van der Waals surface area (Å²) in [7, 11) is 3.33. The smallest absolute Gasteiger partial charge is 0.310 e. The van der Waals surface area contributed by atoms with Crippen molar-refractivity contribution in [3.63, 3.8) is 0 Å². The molecule has 1 aliphatic heterocycles. The van der Waals surface area contributed by atoms with Gasteiger partial charge in [0.05, 0.1) is 38.1 Å². The fraction of sp³-hybridized carbons (Fsp3) is 0.469. The molecule has 1 fully saturated rings. The molecule has 1 atom stereocenters. The molecule has 0 spiro atoms. The van der Waals surface area contributed by atoms with Gasteiger partial charge in [-0.2, -0.15) is 0 Å². The summed E-state index contributed by atoms with van der Waals surface area (Å²) in [5.74, 6) is 2.08. The van der Waals surface area contributed by atoms with Crippen molar-refractivity contribution in [2.24, 2.45) is 5.92 Å². The Labute approximate surface area is 247 Å². The Morgan fingerprint density at radius 3 is 2.24 bits per heavy atom. The van der Waals surface area contributed by atoms with Gasteiger partial charge in [0, 0.05) is 42.9 Å². The number of amides is 1. The van der Waals surface area contributed by atoms with Gasteiger partial charge in [0.2, 0.25) is 5.91 Å². The fourth-order valence-corrected chi connectivity index (χ4v) is 6.13. The van der Waals surface area contributed by atoms with Gasteiger partial charge in [-0.05, 0) is 81.1 Å². The van der Waals surface area contributed by atoms with Crippen LogP contribution in [0.4, 0.5) is 0 Å². The molecule has 0 saturated carbocycles. The lowest BCUT2D eigenvalue weighted by molar-refractivity contribution is -0.151. The SMILES string of the molecule is CCCn1c(SCCCC(=O)N2CCCC(C(=O)OCC)C2)nc(-c2ccc(OC)cc2)c1-c1ccc(OC)cc1. The van der Waals surface area contributed by atoms with Crippen LogP contribution in [-0.2, 0) is 20.9 Å². The van der Waals surface area contributed by atoms with Gasteiger partial charge in [0.25, 0.3) is 0 Å². The first-order valence-corrected chi connectivity index (χ1v) is 15.4. The quantitative estimate of drug-likeness (QED) is 0.133. The number of likely N-dealkylation sites (tertiary alicyclic amines) is 1. The number of hydrogen-bond acceptors (Lipinski definition) is 7. The molecule has 1 unspecified atom stereocenters. The number of hydrogen-bond donors (Lipinski definition) is 0. The van der Waals surface area contributed by atoms with Gasteiger partial charge in [-0.15, -0.1) is 0 Å². The summed E-state index contributed by atoms with van der Waals surface area (Å²) >= 11 is 1.68. The van der Waals surface area contributed by atoms with Crippen molar-refractivity contribution in [2.45, 2.75) is 57.7 Å². The van der Waals surface area contributed by atoms with E-state index in [2.05, 4.69) is 23.6 Å². The third-order valence-electron chi connectivity index (χ3n) is 7.27. The lowest BCUT2D eigenvalue weighted by atomic mass is 9.98. The first-order chi connectivity index (χ1) is 20.0. The first kappa shape index (κ1) is 30.5. The average Bonchev–Trinajstić information content (AvgIpc) is 3.37. The molecule has 1 amide bonds. The average molecular weight is 580 g/mol. The first-order valence-electron chi connectivity index (χ1n) is 14.5. The van der Waals surface area contributed by atoms with Crippen molar-refractivity contribution in [1.82, 2.24) is 14.5 Å². The normalized spacial score (nSPS) is 15.0. The Morgan fingerprint density at radius 2 is 1.63 bits per heavy atom. The fourth-order valence-electron chi connectivity index (χ4n) is 5.17. The molecule has 41 heavy (non-hydrogen) atoms. The molecule has 9 heteroatoms. The highest BCUT2D eigenvalue weighted by Gasteiger charge is 2.29. The number of benzene rings is 2. The van der Waals surface area contributed by atoms with Crippen LogP contribution in [0.15, 0.2) is 53.7 Å². The van der Waals surface area contributed by atoms with Gasteiger partial charge in [-0.25, -0.2) is 4.98 Å². The maximum atomic E-state index is 13.0. The van der Waals surface area contributed by atoms with Gasteiger partial charge in [-0.1, -0.05) is 18.7 Å². The molecule has 3 aromatic rings. The Balaban J connectivity index is 1.50. The number of carbonyl (C=O) groups excluding carboxylic acids is 2. The number of imidazole rings is 1.